The molecule has 0 aliphatic carbocycles. The van der Waals surface area contributed by atoms with Gasteiger partial charge in [-0.3, -0.25) is 0 Å². The van der Waals surface area contributed by atoms with Gasteiger partial charge >= 0.3 is 0 Å². The summed E-state index contributed by atoms with van der Waals surface area (Å²) < 4.78 is 11.8. The first-order valence-corrected chi connectivity index (χ1v) is 7.60. The van der Waals surface area contributed by atoms with E-state index >= 15 is 0 Å². The Hall–Kier alpha value is -1.52. The van der Waals surface area contributed by atoms with E-state index in [1.165, 1.54) is 11.1 Å². The van der Waals surface area contributed by atoms with Crippen LogP contribution in [0.1, 0.15) is 16.7 Å². The van der Waals surface area contributed by atoms with Crippen LogP contribution in [0.3, 0.4) is 0 Å². The number of benzene rings is 2. The zero-order valence-electron chi connectivity index (χ0n) is 12.6. The fraction of sp³-hybridized carbons (Fsp3) is 0.294. The Balaban J connectivity index is 2.05. The van der Waals surface area contributed by atoms with E-state index in [4.69, 9.17) is 9.47 Å². The van der Waals surface area contributed by atoms with Crippen LogP contribution >= 0.6 is 15.9 Å². The van der Waals surface area contributed by atoms with Gasteiger partial charge in [0.05, 0.1) is 14.2 Å². The lowest BCUT2D eigenvalue weighted by Gasteiger charge is -2.14. The van der Waals surface area contributed by atoms with Crippen molar-refractivity contribution in [3.05, 3.63) is 57.6 Å². The first-order valence-electron chi connectivity index (χ1n) is 6.80. The second-order valence-corrected chi connectivity index (χ2v) is 5.81. The highest BCUT2D eigenvalue weighted by Gasteiger charge is 2.11. The van der Waals surface area contributed by atoms with Gasteiger partial charge in [-0.25, -0.2) is 0 Å². The molecule has 0 aromatic heterocycles. The second kappa shape index (κ2) is 7.48. The fourth-order valence-corrected chi connectivity index (χ4v) is 2.67. The molecule has 0 amide bonds. The van der Waals surface area contributed by atoms with Crippen molar-refractivity contribution in [1.29, 1.82) is 0 Å². The predicted molar refractivity (Wildman–Crippen MR) is 89.0 cm³/mol. The highest BCUT2D eigenvalue weighted by atomic mass is 79.9. The first kappa shape index (κ1) is 15.9. The molecular weight excluding hydrogens is 330 g/mol. The van der Waals surface area contributed by atoms with Crippen LogP contribution in [0.5, 0.6) is 11.5 Å². The van der Waals surface area contributed by atoms with Gasteiger partial charge in [0.15, 0.2) is 11.5 Å². The van der Waals surface area contributed by atoms with E-state index in [1.54, 1.807) is 14.2 Å². The molecule has 0 spiro atoms. The normalized spacial score (nSPS) is 10.5. The Bertz CT molecular complexity index is 596. The zero-order valence-corrected chi connectivity index (χ0v) is 14.2. The summed E-state index contributed by atoms with van der Waals surface area (Å²) in [5.41, 5.74) is 3.61. The molecule has 0 saturated carbocycles. The van der Waals surface area contributed by atoms with E-state index in [9.17, 15) is 0 Å². The van der Waals surface area contributed by atoms with Crippen molar-refractivity contribution in [2.75, 3.05) is 14.2 Å². The van der Waals surface area contributed by atoms with Crippen LogP contribution in [0.4, 0.5) is 0 Å². The number of ether oxygens (including phenoxy) is 2. The van der Waals surface area contributed by atoms with Crippen molar-refractivity contribution in [2.45, 2.75) is 20.0 Å². The van der Waals surface area contributed by atoms with Gasteiger partial charge < -0.3 is 14.8 Å². The van der Waals surface area contributed by atoms with Crippen molar-refractivity contribution in [1.82, 2.24) is 5.32 Å². The largest absolute Gasteiger partial charge is 0.493 e. The van der Waals surface area contributed by atoms with Gasteiger partial charge in [-0.05, 0) is 24.6 Å². The fourth-order valence-electron chi connectivity index (χ4n) is 2.18. The maximum absolute atomic E-state index is 5.46. The van der Waals surface area contributed by atoms with E-state index in [0.717, 1.165) is 28.1 Å². The van der Waals surface area contributed by atoms with Crippen LogP contribution in [-0.4, -0.2) is 14.2 Å². The van der Waals surface area contributed by atoms with Crippen LogP contribution in [0, 0.1) is 6.92 Å². The van der Waals surface area contributed by atoms with Gasteiger partial charge in [-0.15, -0.1) is 0 Å². The van der Waals surface area contributed by atoms with Gasteiger partial charge in [0, 0.05) is 23.1 Å². The third kappa shape index (κ3) is 4.22. The summed E-state index contributed by atoms with van der Waals surface area (Å²) in [6, 6.07) is 12.5. The van der Waals surface area contributed by atoms with Gasteiger partial charge in [0.1, 0.15) is 0 Å². The highest BCUT2D eigenvalue weighted by Crippen LogP contribution is 2.34. The number of hydrogen-bond acceptors (Lipinski definition) is 3. The average Bonchev–Trinajstić information content (AvgIpc) is 2.48. The van der Waals surface area contributed by atoms with Crippen molar-refractivity contribution < 1.29 is 9.47 Å². The molecule has 4 heteroatoms. The molecule has 0 bridgehead atoms. The molecule has 0 saturated heterocycles. The molecule has 3 nitrogen and oxygen atoms in total. The van der Waals surface area contributed by atoms with Crippen molar-refractivity contribution in [3.8, 4) is 11.5 Å². The average molecular weight is 350 g/mol. The molecule has 1 N–H and O–H groups in total. The lowest BCUT2D eigenvalue weighted by atomic mass is 10.1. The van der Waals surface area contributed by atoms with Gasteiger partial charge in [0.2, 0.25) is 0 Å². The molecule has 112 valence electrons. The number of halogens is 1. The van der Waals surface area contributed by atoms with Crippen LogP contribution in [0.2, 0.25) is 0 Å². The number of aryl methyl sites for hydroxylation is 1. The maximum Gasteiger partial charge on any atom is 0.165 e. The first-order chi connectivity index (χ1) is 10.1. The van der Waals surface area contributed by atoms with E-state index < -0.39 is 0 Å². The summed E-state index contributed by atoms with van der Waals surface area (Å²) in [5, 5.41) is 3.43. The third-order valence-electron chi connectivity index (χ3n) is 3.29. The van der Waals surface area contributed by atoms with Gasteiger partial charge in [0.25, 0.3) is 0 Å². The van der Waals surface area contributed by atoms with Gasteiger partial charge in [-0.2, -0.15) is 0 Å². The third-order valence-corrected chi connectivity index (χ3v) is 3.74. The smallest absolute Gasteiger partial charge is 0.165 e. The van der Waals surface area contributed by atoms with E-state index in [1.807, 2.05) is 12.1 Å². The summed E-state index contributed by atoms with van der Waals surface area (Å²) >= 11 is 3.50. The maximum atomic E-state index is 5.46. The summed E-state index contributed by atoms with van der Waals surface area (Å²) in [5.74, 6) is 1.51. The Morgan fingerprint density at radius 1 is 1.00 bits per heavy atom. The van der Waals surface area contributed by atoms with Crippen molar-refractivity contribution in [3.63, 3.8) is 0 Å². The van der Waals surface area contributed by atoms with Crippen LogP contribution in [0.25, 0.3) is 0 Å². The molecule has 21 heavy (non-hydrogen) atoms. The molecule has 2 aromatic carbocycles. The van der Waals surface area contributed by atoms with Gasteiger partial charge in [-0.1, -0.05) is 45.8 Å². The second-order valence-electron chi connectivity index (χ2n) is 4.89. The SMILES string of the molecule is COc1cc(Br)cc(CNCc2ccc(C)cc2)c1OC. The number of nitrogens with one attached hydrogen (secondary N) is 1. The number of hydrogen-bond donors (Lipinski definition) is 1. The molecule has 0 unspecified atom stereocenters. The minimum absolute atomic E-state index is 0.715. The molecule has 0 heterocycles. The van der Waals surface area contributed by atoms with Crippen molar-refractivity contribution in [2.24, 2.45) is 0 Å². The Kier molecular flexibility index (Phi) is 5.65. The highest BCUT2D eigenvalue weighted by molar-refractivity contribution is 9.10. The molecule has 0 radical (unpaired) electrons. The van der Waals surface area contributed by atoms with Crippen molar-refractivity contribution >= 4 is 15.9 Å². The number of methoxy groups -OCH3 is 2. The molecule has 2 rings (SSSR count). The van der Waals surface area contributed by atoms with Crippen LogP contribution in [0.15, 0.2) is 40.9 Å². The summed E-state index contributed by atoms with van der Waals surface area (Å²) in [7, 11) is 3.31. The Morgan fingerprint density at radius 2 is 1.71 bits per heavy atom. The summed E-state index contributed by atoms with van der Waals surface area (Å²) in [6.07, 6.45) is 0. The molecule has 0 atom stereocenters. The summed E-state index contributed by atoms with van der Waals surface area (Å²) in [6.45, 7) is 3.63. The lowest BCUT2D eigenvalue weighted by Crippen LogP contribution is -2.13. The molecule has 0 aliphatic rings. The van der Waals surface area contributed by atoms with Crippen LogP contribution < -0.4 is 14.8 Å². The van der Waals surface area contributed by atoms with E-state index in [2.05, 4.69) is 52.4 Å². The molecule has 2 aromatic rings. The summed E-state index contributed by atoms with van der Waals surface area (Å²) in [4.78, 5) is 0. The number of rotatable bonds is 6. The molecule has 0 aliphatic heterocycles. The van der Waals surface area contributed by atoms with Crippen LogP contribution in [-0.2, 0) is 13.1 Å². The zero-order chi connectivity index (χ0) is 15.2. The Morgan fingerprint density at radius 3 is 2.33 bits per heavy atom. The molecular formula is C17H20BrNO2. The Labute approximate surface area is 134 Å². The van der Waals surface area contributed by atoms with E-state index in [0.29, 0.717) is 6.54 Å². The monoisotopic (exact) mass is 349 g/mol. The quantitative estimate of drug-likeness (QED) is 0.852. The lowest BCUT2D eigenvalue weighted by molar-refractivity contribution is 0.350. The predicted octanol–water partition coefficient (Wildman–Crippen LogP) is 4.06. The molecule has 0 fully saturated rings. The minimum atomic E-state index is 0.715. The topological polar surface area (TPSA) is 30.5 Å². The minimum Gasteiger partial charge on any atom is -0.493 e. The standard InChI is InChI=1S/C17H20BrNO2/c1-12-4-6-13(7-5-12)10-19-11-14-8-15(18)9-16(20-2)17(14)21-3/h4-9,19H,10-11H2,1-3H3. The van der Waals surface area contributed by atoms with E-state index in [-0.39, 0.29) is 0 Å².